The number of fused-ring (bicyclic) bond motifs is 1. The summed E-state index contributed by atoms with van der Waals surface area (Å²) in [5.74, 6) is 1.42. The molecule has 0 bridgehead atoms. The summed E-state index contributed by atoms with van der Waals surface area (Å²) < 4.78 is 5.88. The number of hydrogen-bond donors (Lipinski definition) is 1. The molecule has 1 fully saturated rings. The van der Waals surface area contributed by atoms with Crippen LogP contribution in [0.1, 0.15) is 37.2 Å². The molecular formula is C22H25Cl2N3O. The van der Waals surface area contributed by atoms with E-state index in [4.69, 9.17) is 27.9 Å². The first kappa shape index (κ1) is 19.6. The van der Waals surface area contributed by atoms with E-state index in [1.54, 1.807) is 0 Å². The lowest BCUT2D eigenvalue weighted by Gasteiger charge is -2.32. The number of nitrogens with one attached hydrogen (secondary N) is 1. The highest BCUT2D eigenvalue weighted by Gasteiger charge is 2.22. The van der Waals surface area contributed by atoms with Crippen molar-refractivity contribution in [3.63, 3.8) is 0 Å². The number of H-pyrrole nitrogens is 1. The summed E-state index contributed by atoms with van der Waals surface area (Å²) in [4.78, 5) is 2.55. The fraction of sp³-hybridized carbons (Fsp3) is 0.409. The fourth-order valence-corrected chi connectivity index (χ4v) is 4.40. The van der Waals surface area contributed by atoms with Gasteiger partial charge in [0, 0.05) is 11.5 Å². The minimum atomic E-state index is 0.517. The van der Waals surface area contributed by atoms with E-state index in [2.05, 4.69) is 21.2 Å². The van der Waals surface area contributed by atoms with Crippen LogP contribution >= 0.6 is 23.2 Å². The molecule has 28 heavy (non-hydrogen) atoms. The Hall–Kier alpha value is -1.75. The molecule has 0 spiro atoms. The highest BCUT2D eigenvalue weighted by Crippen LogP contribution is 2.36. The van der Waals surface area contributed by atoms with E-state index in [9.17, 15) is 0 Å². The fourth-order valence-electron chi connectivity index (χ4n) is 3.94. The van der Waals surface area contributed by atoms with Crippen LogP contribution in [0.25, 0.3) is 10.9 Å². The summed E-state index contributed by atoms with van der Waals surface area (Å²) in [6.07, 6.45) is 6.31. The molecule has 0 atom stereocenters. The average molecular weight is 418 g/mol. The van der Waals surface area contributed by atoms with Crippen molar-refractivity contribution in [2.24, 2.45) is 0 Å². The van der Waals surface area contributed by atoms with E-state index in [0.717, 1.165) is 73.6 Å². The molecule has 4 rings (SSSR count). The normalized spacial score (nSPS) is 15.9. The number of unbranched alkanes of at least 4 members (excludes halogenated alkanes) is 1. The van der Waals surface area contributed by atoms with Crippen molar-refractivity contribution in [1.82, 2.24) is 15.1 Å². The second-order valence-electron chi connectivity index (χ2n) is 7.43. The lowest BCUT2D eigenvalue weighted by Crippen LogP contribution is -2.33. The van der Waals surface area contributed by atoms with Gasteiger partial charge in [0.15, 0.2) is 0 Å². The van der Waals surface area contributed by atoms with Crippen molar-refractivity contribution in [3.8, 4) is 5.75 Å². The van der Waals surface area contributed by atoms with Crippen LogP contribution in [-0.4, -0.2) is 41.3 Å². The maximum Gasteiger partial charge on any atom is 0.121 e. The smallest absolute Gasteiger partial charge is 0.121 e. The molecule has 2 aromatic carbocycles. The van der Waals surface area contributed by atoms with E-state index < -0.39 is 0 Å². The van der Waals surface area contributed by atoms with Crippen LogP contribution in [0, 0.1) is 0 Å². The molecule has 1 aromatic heterocycles. The number of halogens is 2. The van der Waals surface area contributed by atoms with Crippen LogP contribution in [0.5, 0.6) is 5.75 Å². The van der Waals surface area contributed by atoms with Crippen molar-refractivity contribution < 1.29 is 4.74 Å². The summed E-state index contributed by atoms with van der Waals surface area (Å²) >= 11 is 12.6. The largest absolute Gasteiger partial charge is 0.494 e. The van der Waals surface area contributed by atoms with E-state index in [0.29, 0.717) is 10.9 Å². The summed E-state index contributed by atoms with van der Waals surface area (Å²) in [5, 5.41) is 9.51. The molecule has 148 valence electrons. The molecule has 0 unspecified atom stereocenters. The Labute approximate surface area is 175 Å². The minimum absolute atomic E-state index is 0.517. The Morgan fingerprint density at radius 2 is 1.96 bits per heavy atom. The van der Waals surface area contributed by atoms with Gasteiger partial charge in [0.1, 0.15) is 5.75 Å². The summed E-state index contributed by atoms with van der Waals surface area (Å²) in [6, 6.07) is 12.0. The number of nitrogens with zero attached hydrogens (tertiary/aromatic N) is 2. The zero-order valence-electron chi connectivity index (χ0n) is 15.8. The minimum Gasteiger partial charge on any atom is -0.494 e. The number of hydrogen-bond acceptors (Lipinski definition) is 3. The number of ether oxygens (including phenoxy) is 1. The van der Waals surface area contributed by atoms with E-state index >= 15 is 0 Å². The molecule has 1 N–H and O–H groups in total. The van der Waals surface area contributed by atoms with Crippen LogP contribution in [0.3, 0.4) is 0 Å². The zero-order valence-corrected chi connectivity index (χ0v) is 17.3. The summed E-state index contributed by atoms with van der Waals surface area (Å²) in [6.45, 7) is 4.10. The second kappa shape index (κ2) is 9.17. The molecule has 2 heterocycles. The van der Waals surface area contributed by atoms with Gasteiger partial charge >= 0.3 is 0 Å². The molecule has 4 nitrogen and oxygen atoms in total. The van der Waals surface area contributed by atoms with Crippen LogP contribution < -0.4 is 4.74 Å². The molecule has 0 saturated carbocycles. The van der Waals surface area contributed by atoms with Gasteiger partial charge in [-0.1, -0.05) is 35.3 Å². The second-order valence-corrected chi connectivity index (χ2v) is 8.22. The van der Waals surface area contributed by atoms with Crippen molar-refractivity contribution in [3.05, 3.63) is 58.2 Å². The Morgan fingerprint density at radius 1 is 1.11 bits per heavy atom. The van der Waals surface area contributed by atoms with Crippen molar-refractivity contribution in [2.45, 2.75) is 31.6 Å². The van der Waals surface area contributed by atoms with Gasteiger partial charge in [-0.25, -0.2) is 0 Å². The molecule has 1 aliphatic rings. The number of benzene rings is 2. The van der Waals surface area contributed by atoms with Gasteiger partial charge in [0.2, 0.25) is 0 Å². The van der Waals surface area contributed by atoms with Gasteiger partial charge in [-0.2, -0.15) is 5.10 Å². The van der Waals surface area contributed by atoms with Crippen molar-refractivity contribution in [2.75, 3.05) is 26.2 Å². The third kappa shape index (κ3) is 4.62. The first-order valence-corrected chi connectivity index (χ1v) is 10.7. The first-order chi connectivity index (χ1) is 13.7. The van der Waals surface area contributed by atoms with E-state index in [-0.39, 0.29) is 0 Å². The molecule has 1 aliphatic heterocycles. The van der Waals surface area contributed by atoms with Crippen molar-refractivity contribution in [1.29, 1.82) is 0 Å². The molecule has 0 radical (unpaired) electrons. The third-order valence-corrected chi connectivity index (χ3v) is 6.39. The number of rotatable bonds is 7. The number of piperidine rings is 1. The lowest BCUT2D eigenvalue weighted by atomic mass is 9.89. The SMILES string of the molecule is Clc1cccc(C2CCN(CCCCOc3ccc4cn[nH]c4c3)CC2)c1Cl. The summed E-state index contributed by atoms with van der Waals surface area (Å²) in [7, 11) is 0. The van der Waals surface area contributed by atoms with Gasteiger partial charge in [0.05, 0.1) is 28.4 Å². The van der Waals surface area contributed by atoms with Crippen LogP contribution in [0.2, 0.25) is 10.0 Å². The van der Waals surface area contributed by atoms with Gasteiger partial charge in [-0.05, 0) is 75.0 Å². The molecule has 0 amide bonds. The average Bonchev–Trinajstić information content (AvgIpc) is 3.18. The Kier molecular flexibility index (Phi) is 6.40. The molecular weight excluding hydrogens is 393 g/mol. The van der Waals surface area contributed by atoms with Crippen molar-refractivity contribution >= 4 is 34.1 Å². The Morgan fingerprint density at radius 3 is 2.82 bits per heavy atom. The van der Waals surface area contributed by atoms with Gasteiger partial charge in [-0.3, -0.25) is 5.10 Å². The van der Waals surface area contributed by atoms with Crippen LogP contribution in [0.15, 0.2) is 42.6 Å². The third-order valence-electron chi connectivity index (χ3n) is 5.56. The predicted octanol–water partition coefficient (Wildman–Crippen LogP) is 5.91. The van der Waals surface area contributed by atoms with Crippen LogP contribution in [-0.2, 0) is 0 Å². The van der Waals surface area contributed by atoms with E-state index in [1.165, 1.54) is 5.56 Å². The highest BCUT2D eigenvalue weighted by molar-refractivity contribution is 6.42. The first-order valence-electron chi connectivity index (χ1n) is 9.93. The van der Waals surface area contributed by atoms with Gasteiger partial charge in [0.25, 0.3) is 0 Å². The van der Waals surface area contributed by atoms with Gasteiger partial charge in [-0.15, -0.1) is 0 Å². The predicted molar refractivity (Wildman–Crippen MR) is 116 cm³/mol. The number of aromatic nitrogens is 2. The van der Waals surface area contributed by atoms with E-state index in [1.807, 2.05) is 36.5 Å². The van der Waals surface area contributed by atoms with Gasteiger partial charge < -0.3 is 9.64 Å². The summed E-state index contributed by atoms with van der Waals surface area (Å²) in [5.41, 5.74) is 2.22. The molecule has 6 heteroatoms. The monoisotopic (exact) mass is 417 g/mol. The molecule has 0 aliphatic carbocycles. The standard InChI is InChI=1S/C22H25Cl2N3O/c23-20-5-3-4-19(22(20)24)16-8-11-27(12-9-16)10-1-2-13-28-18-7-6-17-15-25-26-21(17)14-18/h3-7,14-16H,1-2,8-13H2,(H,25,26). The van der Waals surface area contributed by atoms with Crippen LogP contribution in [0.4, 0.5) is 0 Å². The Bertz CT molecular complexity index is 919. The zero-order chi connectivity index (χ0) is 19.3. The highest BCUT2D eigenvalue weighted by atomic mass is 35.5. The number of likely N-dealkylation sites (tertiary alicyclic amines) is 1. The lowest BCUT2D eigenvalue weighted by molar-refractivity contribution is 0.202. The number of aromatic amines is 1. The Balaban J connectivity index is 1.16. The quantitative estimate of drug-likeness (QED) is 0.485. The maximum atomic E-state index is 6.39. The topological polar surface area (TPSA) is 41.1 Å². The molecule has 3 aromatic rings. The maximum absolute atomic E-state index is 6.39. The molecule has 1 saturated heterocycles.